The van der Waals surface area contributed by atoms with Crippen molar-refractivity contribution in [2.45, 2.75) is 46.0 Å². The summed E-state index contributed by atoms with van der Waals surface area (Å²) in [5.41, 5.74) is 7.95. The van der Waals surface area contributed by atoms with Crippen molar-refractivity contribution in [3.05, 3.63) is 96.5 Å². The maximum atomic E-state index is 5.02. The number of benzene rings is 1. The predicted molar refractivity (Wildman–Crippen MR) is 133 cm³/mol. The van der Waals surface area contributed by atoms with Crippen LogP contribution >= 0.6 is 0 Å². The van der Waals surface area contributed by atoms with Crippen LogP contribution in [-0.4, -0.2) is 28.7 Å². The van der Waals surface area contributed by atoms with Crippen LogP contribution in [0.3, 0.4) is 0 Å². The van der Waals surface area contributed by atoms with E-state index in [0.717, 1.165) is 41.2 Å². The lowest BCUT2D eigenvalue weighted by molar-refractivity contribution is 0.272. The largest absolute Gasteiger partial charge is 0.343 e. The summed E-state index contributed by atoms with van der Waals surface area (Å²) < 4.78 is 0. The fraction of sp³-hybridized carbons (Fsp3) is 0.357. The Morgan fingerprint density at radius 2 is 1.87 bits per heavy atom. The summed E-state index contributed by atoms with van der Waals surface area (Å²) in [6, 6.07) is 13.0. The molecule has 1 aliphatic carbocycles. The number of aromatic nitrogens is 1. The summed E-state index contributed by atoms with van der Waals surface area (Å²) in [5, 5.41) is 0. The van der Waals surface area contributed by atoms with Gasteiger partial charge in [0.2, 0.25) is 0 Å². The van der Waals surface area contributed by atoms with Crippen molar-refractivity contribution in [2.24, 2.45) is 10.9 Å². The summed E-state index contributed by atoms with van der Waals surface area (Å²) in [7, 11) is 0. The smallest absolute Gasteiger partial charge is 0.0607 e. The molecule has 0 N–H and O–H groups in total. The van der Waals surface area contributed by atoms with Crippen LogP contribution in [0.4, 0.5) is 0 Å². The van der Waals surface area contributed by atoms with Gasteiger partial charge < -0.3 is 4.90 Å². The standard InChI is InChI=1S/C28H35N3/c1-7-31(23(6)28-9-8-14-29-22(28)5)19-27(15-20(2)3)30-18-24-16-26(17-24)25-12-10-21(4)11-13-25/h7-14,24,26H,1-2,6,15-19H2,3-5H3. The third kappa shape index (κ3) is 6.04. The van der Waals surface area contributed by atoms with Gasteiger partial charge in [0.25, 0.3) is 0 Å². The van der Waals surface area contributed by atoms with Crippen LogP contribution in [0.2, 0.25) is 0 Å². The van der Waals surface area contributed by atoms with Crippen LogP contribution in [0.1, 0.15) is 54.5 Å². The first-order valence-electron chi connectivity index (χ1n) is 11.1. The number of aryl methyl sites for hydroxylation is 2. The van der Waals surface area contributed by atoms with E-state index in [4.69, 9.17) is 4.99 Å². The quantitative estimate of drug-likeness (QED) is 0.320. The maximum absolute atomic E-state index is 5.02. The van der Waals surface area contributed by atoms with E-state index in [1.807, 2.05) is 19.2 Å². The molecule has 0 unspecified atom stereocenters. The minimum atomic E-state index is 0.660. The first kappa shape index (κ1) is 22.7. The third-order valence-corrected chi connectivity index (χ3v) is 6.10. The number of rotatable bonds is 10. The molecule has 0 radical (unpaired) electrons. The molecule has 0 atom stereocenters. The average molecular weight is 414 g/mol. The molecule has 31 heavy (non-hydrogen) atoms. The Morgan fingerprint density at radius 3 is 2.48 bits per heavy atom. The molecule has 0 amide bonds. The second kappa shape index (κ2) is 10.4. The lowest BCUT2D eigenvalue weighted by Gasteiger charge is -2.35. The Labute approximate surface area is 187 Å². The molecule has 3 nitrogen and oxygen atoms in total. The highest BCUT2D eigenvalue weighted by atomic mass is 15.1. The van der Waals surface area contributed by atoms with Crippen LogP contribution in [0.5, 0.6) is 0 Å². The molecule has 0 spiro atoms. The first-order chi connectivity index (χ1) is 14.9. The van der Waals surface area contributed by atoms with Crippen LogP contribution in [0.25, 0.3) is 5.70 Å². The second-order valence-corrected chi connectivity index (χ2v) is 8.88. The molecule has 1 heterocycles. The Hall–Kier alpha value is -2.94. The molecule has 0 aliphatic heterocycles. The molecular weight excluding hydrogens is 378 g/mol. The minimum absolute atomic E-state index is 0.660. The molecule has 162 valence electrons. The van der Waals surface area contributed by atoms with Crippen LogP contribution in [-0.2, 0) is 0 Å². The van der Waals surface area contributed by atoms with Crippen LogP contribution in [0, 0.1) is 19.8 Å². The van der Waals surface area contributed by atoms with Crippen molar-refractivity contribution in [3.63, 3.8) is 0 Å². The zero-order valence-corrected chi connectivity index (χ0v) is 19.3. The van der Waals surface area contributed by atoms with E-state index >= 15 is 0 Å². The van der Waals surface area contributed by atoms with E-state index in [2.05, 4.69) is 73.8 Å². The molecule has 1 aliphatic rings. The van der Waals surface area contributed by atoms with Crippen molar-refractivity contribution in [1.29, 1.82) is 0 Å². The number of hydrogen-bond acceptors (Lipinski definition) is 3. The van der Waals surface area contributed by atoms with Crippen molar-refractivity contribution in [2.75, 3.05) is 13.1 Å². The van der Waals surface area contributed by atoms with E-state index in [-0.39, 0.29) is 0 Å². The number of allylic oxidation sites excluding steroid dienone is 1. The van der Waals surface area contributed by atoms with Crippen LogP contribution in [0.15, 0.2) is 79.1 Å². The summed E-state index contributed by atoms with van der Waals surface area (Å²) in [6.07, 6.45) is 6.89. The van der Waals surface area contributed by atoms with Gasteiger partial charge in [0, 0.05) is 41.8 Å². The van der Waals surface area contributed by atoms with Gasteiger partial charge in [0.15, 0.2) is 0 Å². The molecule has 2 aromatic rings. The average Bonchev–Trinajstić information content (AvgIpc) is 2.71. The number of hydrogen-bond donors (Lipinski definition) is 0. The summed E-state index contributed by atoms with van der Waals surface area (Å²) in [5.74, 6) is 1.34. The Morgan fingerprint density at radius 1 is 1.16 bits per heavy atom. The van der Waals surface area contributed by atoms with Crippen molar-refractivity contribution in [3.8, 4) is 0 Å². The molecule has 0 bridgehead atoms. The highest BCUT2D eigenvalue weighted by molar-refractivity contribution is 5.89. The fourth-order valence-electron chi connectivity index (χ4n) is 4.17. The topological polar surface area (TPSA) is 28.5 Å². The molecular formula is C28H35N3. The fourth-order valence-corrected chi connectivity index (χ4v) is 4.17. The highest BCUT2D eigenvalue weighted by Gasteiger charge is 2.30. The molecule has 1 fully saturated rings. The summed E-state index contributed by atoms with van der Waals surface area (Å²) in [4.78, 5) is 11.5. The SMILES string of the molecule is C=CN(CC(CC(=C)C)=NCC1CC(c2ccc(C)cc2)C1)C(=C)c1cccnc1C. The van der Waals surface area contributed by atoms with Gasteiger partial charge in [0.05, 0.1) is 6.54 Å². The monoisotopic (exact) mass is 413 g/mol. The van der Waals surface area contributed by atoms with Gasteiger partial charge in [-0.1, -0.05) is 55.1 Å². The van der Waals surface area contributed by atoms with Crippen molar-refractivity contribution in [1.82, 2.24) is 9.88 Å². The van der Waals surface area contributed by atoms with Crippen molar-refractivity contribution >= 4 is 11.4 Å². The van der Waals surface area contributed by atoms with E-state index in [9.17, 15) is 0 Å². The number of nitrogens with zero attached hydrogens (tertiary/aromatic N) is 3. The Kier molecular flexibility index (Phi) is 7.62. The van der Waals surface area contributed by atoms with Gasteiger partial charge in [-0.25, -0.2) is 0 Å². The molecule has 1 aromatic carbocycles. The zero-order chi connectivity index (χ0) is 22.4. The zero-order valence-electron chi connectivity index (χ0n) is 19.3. The number of aliphatic imine (C=N–C) groups is 1. The second-order valence-electron chi connectivity index (χ2n) is 8.88. The lowest BCUT2D eigenvalue weighted by Crippen LogP contribution is -2.27. The third-order valence-electron chi connectivity index (χ3n) is 6.10. The van der Waals surface area contributed by atoms with E-state index in [0.29, 0.717) is 18.4 Å². The van der Waals surface area contributed by atoms with Crippen LogP contribution < -0.4 is 0 Å². The Bertz CT molecular complexity index is 962. The van der Waals surface area contributed by atoms with Gasteiger partial charge >= 0.3 is 0 Å². The van der Waals surface area contributed by atoms with E-state index in [1.54, 1.807) is 6.20 Å². The lowest BCUT2D eigenvalue weighted by atomic mass is 9.71. The molecule has 3 rings (SSSR count). The van der Waals surface area contributed by atoms with Crippen molar-refractivity contribution < 1.29 is 0 Å². The maximum Gasteiger partial charge on any atom is 0.0607 e. The highest BCUT2D eigenvalue weighted by Crippen LogP contribution is 2.41. The molecule has 0 saturated heterocycles. The molecule has 3 heteroatoms. The summed E-state index contributed by atoms with van der Waals surface area (Å²) >= 11 is 0. The number of pyridine rings is 1. The van der Waals surface area contributed by atoms with Gasteiger partial charge in [-0.2, -0.15) is 0 Å². The summed E-state index contributed by atoms with van der Waals surface area (Å²) in [6.45, 7) is 20.2. The van der Waals surface area contributed by atoms with Gasteiger partial charge in [-0.05, 0) is 69.3 Å². The Balaban J connectivity index is 1.63. The normalized spacial score (nSPS) is 18.2. The first-order valence-corrected chi connectivity index (χ1v) is 11.1. The van der Waals surface area contributed by atoms with Gasteiger partial charge in [-0.15, -0.1) is 0 Å². The van der Waals surface area contributed by atoms with E-state index in [1.165, 1.54) is 24.0 Å². The predicted octanol–water partition coefficient (Wildman–Crippen LogP) is 6.72. The van der Waals surface area contributed by atoms with Gasteiger partial charge in [-0.3, -0.25) is 9.98 Å². The van der Waals surface area contributed by atoms with Gasteiger partial charge in [0.1, 0.15) is 0 Å². The molecule has 1 aromatic heterocycles. The van der Waals surface area contributed by atoms with E-state index < -0.39 is 0 Å². The molecule has 1 saturated carbocycles. The minimum Gasteiger partial charge on any atom is -0.343 e.